The summed E-state index contributed by atoms with van der Waals surface area (Å²) in [6.45, 7) is 0. The van der Waals surface area contributed by atoms with Gasteiger partial charge < -0.3 is 23.9 Å². The lowest BCUT2D eigenvalue weighted by Crippen LogP contribution is -2.11. The van der Waals surface area contributed by atoms with E-state index in [9.17, 15) is 0 Å². The van der Waals surface area contributed by atoms with E-state index in [1.165, 1.54) is 6.40 Å². The van der Waals surface area contributed by atoms with Crippen molar-refractivity contribution in [3.63, 3.8) is 0 Å². The number of rotatable bonds is 5. The number of methoxy groups -OCH3 is 2. The molecule has 1 atom stereocenters. The summed E-state index contributed by atoms with van der Waals surface area (Å²) in [5.74, 6) is 1.95. The van der Waals surface area contributed by atoms with Gasteiger partial charge in [-0.2, -0.15) is 0 Å². The zero-order chi connectivity index (χ0) is 19.8. The third-order valence-corrected chi connectivity index (χ3v) is 4.93. The number of hydrogen-bond acceptors (Lipinski definition) is 7. The molecule has 8 nitrogen and oxygen atoms in total. The number of nitrogens with one attached hydrogen (secondary N) is 1. The minimum atomic E-state index is 0.0140. The Kier molecular flexibility index (Phi) is 4.16. The van der Waals surface area contributed by atoms with E-state index < -0.39 is 0 Å². The Morgan fingerprint density at radius 3 is 2.97 bits per heavy atom. The van der Waals surface area contributed by atoms with Crippen molar-refractivity contribution < 1.29 is 14.2 Å². The molecule has 1 aliphatic heterocycles. The van der Waals surface area contributed by atoms with Crippen LogP contribution in [0.4, 0.5) is 11.5 Å². The van der Waals surface area contributed by atoms with Gasteiger partial charge in [0.05, 0.1) is 25.6 Å². The summed E-state index contributed by atoms with van der Waals surface area (Å²) in [5.41, 5.74) is 4.30. The number of aromatic nitrogens is 3. The van der Waals surface area contributed by atoms with Crippen LogP contribution in [0.1, 0.15) is 12.1 Å². The third kappa shape index (κ3) is 3.08. The second kappa shape index (κ2) is 6.97. The van der Waals surface area contributed by atoms with Crippen LogP contribution in [0, 0.1) is 0 Å². The van der Waals surface area contributed by atoms with E-state index in [-0.39, 0.29) is 6.10 Å². The predicted molar refractivity (Wildman–Crippen MR) is 110 cm³/mol. The quantitative estimate of drug-likeness (QED) is 0.718. The summed E-state index contributed by atoms with van der Waals surface area (Å²) in [6, 6.07) is 5.62. The van der Waals surface area contributed by atoms with E-state index in [0.717, 1.165) is 34.7 Å². The van der Waals surface area contributed by atoms with Crippen molar-refractivity contribution in [2.75, 3.05) is 19.5 Å². The molecule has 2 aliphatic rings. The highest BCUT2D eigenvalue weighted by molar-refractivity contribution is 5.79. The maximum atomic E-state index is 5.47. The Bertz CT molecular complexity index is 1180. The van der Waals surface area contributed by atoms with Crippen molar-refractivity contribution in [1.82, 2.24) is 14.4 Å². The van der Waals surface area contributed by atoms with E-state index in [1.54, 1.807) is 20.4 Å². The van der Waals surface area contributed by atoms with Crippen LogP contribution >= 0.6 is 0 Å². The number of ether oxygens (including phenoxy) is 3. The van der Waals surface area contributed by atoms with Crippen LogP contribution in [0.15, 0.2) is 59.6 Å². The number of fused-ring (bicyclic) bond motifs is 2. The van der Waals surface area contributed by atoms with Crippen molar-refractivity contribution in [3.8, 4) is 11.5 Å². The van der Waals surface area contributed by atoms with Gasteiger partial charge in [-0.1, -0.05) is 6.08 Å². The summed E-state index contributed by atoms with van der Waals surface area (Å²) in [4.78, 5) is 13.6. The fourth-order valence-corrected chi connectivity index (χ4v) is 3.46. The first-order valence-corrected chi connectivity index (χ1v) is 9.18. The SMILES string of the molecule is COc1ccc(Nc2nc(C3=CCC4OC=NC4=C3)cn3ccnc23)cc1OC. The average molecular weight is 389 g/mol. The highest BCUT2D eigenvalue weighted by Crippen LogP contribution is 2.33. The summed E-state index contributed by atoms with van der Waals surface area (Å²) in [6.07, 6.45) is 12.0. The van der Waals surface area contributed by atoms with E-state index in [4.69, 9.17) is 19.2 Å². The zero-order valence-electron chi connectivity index (χ0n) is 16.0. The lowest BCUT2D eigenvalue weighted by atomic mass is 10.00. The molecule has 8 heteroatoms. The van der Waals surface area contributed by atoms with Crippen LogP contribution in [0.2, 0.25) is 0 Å². The molecular formula is C21H19N5O3. The third-order valence-electron chi connectivity index (χ3n) is 4.93. The van der Waals surface area contributed by atoms with E-state index in [0.29, 0.717) is 17.3 Å². The molecule has 5 rings (SSSR count). The standard InChI is InChI=1S/C21H19N5O3/c1-27-18-6-4-14(10-19(18)28-2)24-20-21-22-7-8-26(21)11-16(25-20)13-3-5-17-15(9-13)23-12-29-17/h3-4,6-12,17H,5H2,1-2H3,(H,24,25). The molecule has 0 saturated carbocycles. The van der Waals surface area contributed by atoms with Gasteiger partial charge in [0.15, 0.2) is 29.4 Å². The van der Waals surface area contributed by atoms with Gasteiger partial charge in [0.25, 0.3) is 0 Å². The second-order valence-electron chi connectivity index (χ2n) is 6.65. The highest BCUT2D eigenvalue weighted by Gasteiger charge is 2.23. The molecule has 0 fully saturated rings. The molecule has 3 aromatic rings. The minimum absolute atomic E-state index is 0.0140. The number of allylic oxidation sites excluding steroid dienone is 2. The maximum Gasteiger partial charge on any atom is 0.180 e. The fraction of sp³-hybridized carbons (Fsp3) is 0.190. The molecule has 0 bridgehead atoms. The molecule has 146 valence electrons. The van der Waals surface area contributed by atoms with Crippen LogP contribution < -0.4 is 14.8 Å². The van der Waals surface area contributed by atoms with Crippen molar-refractivity contribution in [2.45, 2.75) is 12.5 Å². The molecule has 3 heterocycles. The lowest BCUT2D eigenvalue weighted by molar-refractivity contribution is 0.258. The normalized spacial score (nSPS) is 17.4. The number of anilines is 2. The number of aliphatic imine (C=N–C) groups is 1. The van der Waals surface area contributed by atoms with Gasteiger partial charge in [-0.05, 0) is 23.8 Å². The number of benzene rings is 1. The smallest absolute Gasteiger partial charge is 0.180 e. The monoisotopic (exact) mass is 389 g/mol. The van der Waals surface area contributed by atoms with Crippen LogP contribution in [0.5, 0.6) is 11.5 Å². The first kappa shape index (κ1) is 17.3. The topological polar surface area (TPSA) is 82.3 Å². The Morgan fingerprint density at radius 2 is 2.10 bits per heavy atom. The first-order valence-electron chi connectivity index (χ1n) is 9.18. The Morgan fingerprint density at radius 1 is 1.21 bits per heavy atom. The van der Waals surface area contributed by atoms with Crippen LogP contribution in [0.3, 0.4) is 0 Å². The van der Waals surface area contributed by atoms with Crippen molar-refractivity contribution in [3.05, 3.63) is 60.3 Å². The van der Waals surface area contributed by atoms with E-state index in [1.807, 2.05) is 41.1 Å². The zero-order valence-corrected chi connectivity index (χ0v) is 16.0. The number of imidazole rings is 1. The van der Waals surface area contributed by atoms with Gasteiger partial charge >= 0.3 is 0 Å². The molecule has 2 aromatic heterocycles. The Balaban J connectivity index is 1.54. The van der Waals surface area contributed by atoms with Crippen molar-refractivity contribution in [1.29, 1.82) is 0 Å². The molecule has 29 heavy (non-hydrogen) atoms. The molecular weight excluding hydrogens is 370 g/mol. The summed E-state index contributed by atoms with van der Waals surface area (Å²) in [5, 5.41) is 3.35. The highest BCUT2D eigenvalue weighted by atomic mass is 16.5. The van der Waals surface area contributed by atoms with Gasteiger partial charge in [0.1, 0.15) is 6.10 Å². The summed E-state index contributed by atoms with van der Waals surface area (Å²) in [7, 11) is 3.22. The van der Waals surface area contributed by atoms with Crippen LogP contribution in [-0.4, -0.2) is 41.1 Å². The minimum Gasteiger partial charge on any atom is -0.493 e. The summed E-state index contributed by atoms with van der Waals surface area (Å²) < 4.78 is 18.1. The van der Waals surface area contributed by atoms with Gasteiger partial charge in [-0.3, -0.25) is 0 Å². The fourth-order valence-electron chi connectivity index (χ4n) is 3.46. The number of hydrogen-bond donors (Lipinski definition) is 1. The molecule has 1 aliphatic carbocycles. The predicted octanol–water partition coefficient (Wildman–Crippen LogP) is 3.59. The Labute approximate surface area is 167 Å². The summed E-state index contributed by atoms with van der Waals surface area (Å²) >= 11 is 0. The first-order chi connectivity index (χ1) is 14.2. The maximum absolute atomic E-state index is 5.47. The largest absolute Gasteiger partial charge is 0.493 e. The Hall–Kier alpha value is -3.81. The molecule has 0 saturated heterocycles. The van der Waals surface area contributed by atoms with Gasteiger partial charge in [0.2, 0.25) is 0 Å². The van der Waals surface area contributed by atoms with Crippen LogP contribution in [-0.2, 0) is 4.74 Å². The van der Waals surface area contributed by atoms with E-state index >= 15 is 0 Å². The van der Waals surface area contributed by atoms with Crippen molar-refractivity contribution >= 4 is 29.1 Å². The van der Waals surface area contributed by atoms with Gasteiger partial charge in [0, 0.05) is 36.8 Å². The molecule has 0 spiro atoms. The number of nitrogens with zero attached hydrogens (tertiary/aromatic N) is 4. The molecule has 1 aromatic carbocycles. The van der Waals surface area contributed by atoms with Gasteiger partial charge in [-0.15, -0.1) is 0 Å². The molecule has 1 unspecified atom stereocenters. The average Bonchev–Trinajstić information content (AvgIpc) is 3.42. The van der Waals surface area contributed by atoms with Gasteiger partial charge in [-0.25, -0.2) is 15.0 Å². The second-order valence-corrected chi connectivity index (χ2v) is 6.65. The van der Waals surface area contributed by atoms with Crippen molar-refractivity contribution in [2.24, 2.45) is 4.99 Å². The molecule has 1 N–H and O–H groups in total. The lowest BCUT2D eigenvalue weighted by Gasteiger charge is -2.16. The molecule has 0 amide bonds. The van der Waals surface area contributed by atoms with E-state index in [2.05, 4.69) is 21.4 Å². The molecule has 0 radical (unpaired) electrons. The van der Waals surface area contributed by atoms with Crippen LogP contribution in [0.25, 0.3) is 11.2 Å².